The fraction of sp³-hybridized carbons (Fsp3) is 0.533. The molecule has 0 aliphatic carbocycles. The first-order valence-electron chi connectivity index (χ1n) is 7.63. The van der Waals surface area contributed by atoms with Crippen LogP contribution in [-0.4, -0.2) is 46.9 Å². The highest BCUT2D eigenvalue weighted by Crippen LogP contribution is 2.18. The molecule has 1 rings (SSSR count). The molecule has 0 atom stereocenters. The average molecular weight is 470 g/mol. The Morgan fingerprint density at radius 1 is 1.17 bits per heavy atom. The maximum absolute atomic E-state index is 11.0. The van der Waals surface area contributed by atoms with Gasteiger partial charge in [-0.3, -0.25) is 0 Å². The zero-order valence-corrected chi connectivity index (χ0v) is 17.5. The maximum atomic E-state index is 11.0. The molecule has 0 saturated carbocycles. The van der Waals surface area contributed by atoms with Crippen LogP contribution >= 0.6 is 24.0 Å². The van der Waals surface area contributed by atoms with E-state index in [-0.39, 0.29) is 24.0 Å². The van der Waals surface area contributed by atoms with Gasteiger partial charge >= 0.3 is 0 Å². The summed E-state index contributed by atoms with van der Waals surface area (Å²) in [6.07, 6.45) is 1.14. The lowest BCUT2D eigenvalue weighted by Crippen LogP contribution is -2.41. The first-order chi connectivity index (χ1) is 11.0. The highest BCUT2D eigenvalue weighted by atomic mass is 127. The van der Waals surface area contributed by atoms with Crippen molar-refractivity contribution in [2.75, 3.05) is 32.5 Å². The van der Waals surface area contributed by atoms with Crippen molar-refractivity contribution in [3.05, 3.63) is 29.8 Å². The van der Waals surface area contributed by atoms with Gasteiger partial charge in [-0.15, -0.1) is 24.0 Å². The molecule has 0 radical (unpaired) electrons. The largest absolute Gasteiger partial charge is 0.494 e. The third-order valence-electron chi connectivity index (χ3n) is 2.81. The SMILES string of the molecule is CCNC(=NCc1ccccc1OCC)NCCNS(C)(=O)=O.I. The number of nitrogens with one attached hydrogen (secondary N) is 3. The number of guanidine groups is 1. The Bertz CT molecular complexity index is 608. The van der Waals surface area contributed by atoms with Crippen molar-refractivity contribution < 1.29 is 13.2 Å². The number of aliphatic imine (C=N–C) groups is 1. The van der Waals surface area contributed by atoms with Crippen LogP contribution in [0.3, 0.4) is 0 Å². The van der Waals surface area contributed by atoms with Crippen LogP contribution in [-0.2, 0) is 16.6 Å². The Morgan fingerprint density at radius 2 is 1.88 bits per heavy atom. The quantitative estimate of drug-likeness (QED) is 0.219. The van der Waals surface area contributed by atoms with Crippen LogP contribution in [0.15, 0.2) is 29.3 Å². The van der Waals surface area contributed by atoms with E-state index in [2.05, 4.69) is 20.3 Å². The summed E-state index contributed by atoms with van der Waals surface area (Å²) in [4.78, 5) is 4.50. The third kappa shape index (κ3) is 9.93. The van der Waals surface area contributed by atoms with E-state index in [1.54, 1.807) is 0 Å². The molecule has 1 aromatic rings. The van der Waals surface area contributed by atoms with Crippen molar-refractivity contribution in [2.45, 2.75) is 20.4 Å². The molecule has 0 unspecified atom stereocenters. The number of para-hydroxylation sites is 1. The number of rotatable bonds is 9. The van der Waals surface area contributed by atoms with Gasteiger partial charge in [-0.05, 0) is 19.9 Å². The van der Waals surface area contributed by atoms with E-state index < -0.39 is 10.0 Å². The van der Waals surface area contributed by atoms with Crippen LogP contribution in [0.1, 0.15) is 19.4 Å². The number of nitrogens with zero attached hydrogens (tertiary/aromatic N) is 1. The van der Waals surface area contributed by atoms with Crippen LogP contribution in [0.5, 0.6) is 5.75 Å². The minimum atomic E-state index is -3.17. The predicted octanol–water partition coefficient (Wildman–Crippen LogP) is 1.31. The molecule has 0 saturated heterocycles. The molecule has 0 fully saturated rings. The van der Waals surface area contributed by atoms with Gasteiger partial charge in [-0.2, -0.15) is 0 Å². The molecule has 9 heteroatoms. The van der Waals surface area contributed by atoms with E-state index in [1.807, 2.05) is 38.1 Å². The fourth-order valence-electron chi connectivity index (χ4n) is 1.85. The number of sulfonamides is 1. The zero-order valence-electron chi connectivity index (χ0n) is 14.3. The molecular formula is C15H27IN4O3S. The molecule has 7 nitrogen and oxygen atoms in total. The van der Waals surface area contributed by atoms with Crippen molar-refractivity contribution in [1.82, 2.24) is 15.4 Å². The zero-order chi connectivity index (χ0) is 17.1. The van der Waals surface area contributed by atoms with Crippen molar-refractivity contribution in [2.24, 2.45) is 4.99 Å². The summed E-state index contributed by atoms with van der Waals surface area (Å²) in [5, 5.41) is 6.21. The second kappa shape index (κ2) is 12.3. The first kappa shape index (κ1) is 22.9. The topological polar surface area (TPSA) is 91.8 Å². The van der Waals surface area contributed by atoms with E-state index in [9.17, 15) is 8.42 Å². The highest BCUT2D eigenvalue weighted by molar-refractivity contribution is 14.0. The van der Waals surface area contributed by atoms with E-state index >= 15 is 0 Å². The van der Waals surface area contributed by atoms with Crippen molar-refractivity contribution in [3.63, 3.8) is 0 Å². The van der Waals surface area contributed by atoms with Gasteiger partial charge in [0.1, 0.15) is 5.75 Å². The molecule has 0 aliphatic rings. The average Bonchev–Trinajstić information content (AvgIpc) is 2.49. The van der Waals surface area contributed by atoms with Gasteiger partial charge < -0.3 is 15.4 Å². The molecule has 0 aliphatic heterocycles. The van der Waals surface area contributed by atoms with Gasteiger partial charge in [0.15, 0.2) is 5.96 Å². The van der Waals surface area contributed by atoms with Gasteiger partial charge in [0.25, 0.3) is 0 Å². The molecule has 1 aromatic carbocycles. The lowest BCUT2D eigenvalue weighted by molar-refractivity contribution is 0.336. The van der Waals surface area contributed by atoms with Crippen LogP contribution in [0, 0.1) is 0 Å². The molecule has 138 valence electrons. The van der Waals surface area contributed by atoms with Gasteiger partial charge in [-0.1, -0.05) is 18.2 Å². The molecular weight excluding hydrogens is 443 g/mol. The Kier molecular flexibility index (Phi) is 11.8. The first-order valence-corrected chi connectivity index (χ1v) is 9.53. The normalized spacial score (nSPS) is 11.5. The second-order valence-electron chi connectivity index (χ2n) is 4.83. The maximum Gasteiger partial charge on any atom is 0.208 e. The molecule has 0 amide bonds. The Morgan fingerprint density at radius 3 is 2.50 bits per heavy atom. The van der Waals surface area contributed by atoms with Gasteiger partial charge in [-0.25, -0.2) is 18.1 Å². The number of ether oxygens (including phenoxy) is 1. The molecule has 24 heavy (non-hydrogen) atoms. The van der Waals surface area contributed by atoms with E-state index in [1.165, 1.54) is 0 Å². The molecule has 0 bridgehead atoms. The summed E-state index contributed by atoms with van der Waals surface area (Å²) in [6, 6.07) is 7.77. The van der Waals surface area contributed by atoms with Crippen molar-refractivity contribution in [3.8, 4) is 5.75 Å². The lowest BCUT2D eigenvalue weighted by atomic mass is 10.2. The van der Waals surface area contributed by atoms with E-state index in [0.29, 0.717) is 32.2 Å². The standard InChI is InChI=1S/C15H26N4O3S.HI/c1-4-16-15(17-10-11-19-23(3,20)21)18-12-13-8-6-7-9-14(13)22-5-2;/h6-9,19H,4-5,10-12H2,1-3H3,(H2,16,17,18);1H. The fourth-order valence-corrected chi connectivity index (χ4v) is 2.33. The smallest absolute Gasteiger partial charge is 0.208 e. The van der Waals surface area contributed by atoms with Crippen LogP contribution in [0.25, 0.3) is 0 Å². The summed E-state index contributed by atoms with van der Waals surface area (Å²) < 4.78 is 30.0. The van der Waals surface area contributed by atoms with Gasteiger partial charge in [0.05, 0.1) is 19.4 Å². The van der Waals surface area contributed by atoms with E-state index in [0.717, 1.165) is 24.1 Å². The predicted molar refractivity (Wildman–Crippen MR) is 109 cm³/mol. The minimum absolute atomic E-state index is 0. The summed E-state index contributed by atoms with van der Waals surface area (Å²) in [5.41, 5.74) is 1.00. The van der Waals surface area contributed by atoms with Crippen LogP contribution in [0.4, 0.5) is 0 Å². The molecule has 3 N–H and O–H groups in total. The minimum Gasteiger partial charge on any atom is -0.494 e. The number of halogens is 1. The summed E-state index contributed by atoms with van der Waals surface area (Å²) in [7, 11) is -3.17. The molecule has 0 aromatic heterocycles. The van der Waals surface area contributed by atoms with Crippen LogP contribution < -0.4 is 20.1 Å². The summed E-state index contributed by atoms with van der Waals surface area (Å²) in [5.74, 6) is 1.46. The highest BCUT2D eigenvalue weighted by Gasteiger charge is 2.03. The molecule has 0 spiro atoms. The number of hydrogen-bond donors (Lipinski definition) is 3. The van der Waals surface area contributed by atoms with Crippen molar-refractivity contribution in [1.29, 1.82) is 0 Å². The number of hydrogen-bond acceptors (Lipinski definition) is 4. The summed E-state index contributed by atoms with van der Waals surface area (Å²) >= 11 is 0. The Hall–Kier alpha value is -1.07. The summed E-state index contributed by atoms with van der Waals surface area (Å²) in [6.45, 7) is 6.48. The number of benzene rings is 1. The Labute approximate surface area is 161 Å². The van der Waals surface area contributed by atoms with Gasteiger partial charge in [0.2, 0.25) is 10.0 Å². The second-order valence-corrected chi connectivity index (χ2v) is 6.66. The monoisotopic (exact) mass is 470 g/mol. The van der Waals surface area contributed by atoms with Crippen LogP contribution in [0.2, 0.25) is 0 Å². The lowest BCUT2D eigenvalue weighted by Gasteiger charge is -2.12. The third-order valence-corrected chi connectivity index (χ3v) is 3.53. The van der Waals surface area contributed by atoms with Crippen molar-refractivity contribution >= 4 is 40.0 Å². The van der Waals surface area contributed by atoms with Gasteiger partial charge in [0, 0.05) is 25.2 Å². The Balaban J connectivity index is 0.00000529. The van der Waals surface area contributed by atoms with E-state index in [4.69, 9.17) is 4.74 Å². The molecule has 0 heterocycles.